The minimum atomic E-state index is 0.778. The molecule has 0 aliphatic rings. The van der Waals surface area contributed by atoms with Crippen LogP contribution in [-0.2, 0) is 26.2 Å². The zero-order valence-corrected chi connectivity index (χ0v) is 18.5. The fraction of sp³-hybridized carbons (Fsp3) is 0.348. The summed E-state index contributed by atoms with van der Waals surface area (Å²) in [4.78, 5) is 0. The van der Waals surface area contributed by atoms with E-state index < -0.39 is 0 Å². The summed E-state index contributed by atoms with van der Waals surface area (Å²) in [5, 5.41) is 13.1. The Kier molecular flexibility index (Phi) is 8.14. The maximum atomic E-state index is 6.02. The third-order valence-electron chi connectivity index (χ3n) is 5.27. The maximum Gasteiger partial charge on any atom is 0.243 e. The number of hydrogen-bond acceptors (Lipinski definition) is 6. The molecule has 8 N–H and O–H groups in total. The number of aromatic nitrogens is 2. The molecule has 0 bridgehead atoms. The second kappa shape index (κ2) is 11.2. The van der Waals surface area contributed by atoms with Crippen LogP contribution in [0.3, 0.4) is 0 Å². The third kappa shape index (κ3) is 6.63. The maximum absolute atomic E-state index is 6.02. The van der Waals surface area contributed by atoms with Crippen LogP contribution in [0.4, 0.5) is 22.7 Å². The Morgan fingerprint density at radius 2 is 1.42 bits per heavy atom. The Labute approximate surface area is 184 Å². The van der Waals surface area contributed by atoms with Crippen molar-refractivity contribution in [2.45, 2.75) is 26.2 Å². The standard InChI is InChI=1S/C23H35N8/c1-26-22-5-3-18(13-20(22)24)15-28-7-9-30-11-12-31(17-30)10-8-29-16-19-4-6-23(27-2)21(25)14-19/h3-6,11-14,17,26-29H,7-10,15-16,24-25H2,1-2H3/q+1. The summed E-state index contributed by atoms with van der Waals surface area (Å²) in [5.41, 5.74) is 17.9. The van der Waals surface area contributed by atoms with E-state index in [2.05, 4.69) is 61.3 Å². The molecule has 0 atom stereocenters. The minimum absolute atomic E-state index is 0.778. The van der Waals surface area contributed by atoms with Gasteiger partial charge in [0.1, 0.15) is 25.5 Å². The monoisotopic (exact) mass is 423 g/mol. The normalized spacial score (nSPS) is 10.9. The van der Waals surface area contributed by atoms with Gasteiger partial charge in [0.15, 0.2) is 0 Å². The number of hydrogen-bond donors (Lipinski definition) is 6. The van der Waals surface area contributed by atoms with E-state index in [9.17, 15) is 0 Å². The molecule has 0 spiro atoms. The van der Waals surface area contributed by atoms with Crippen molar-refractivity contribution >= 4 is 22.7 Å². The molecule has 2 aromatic carbocycles. The van der Waals surface area contributed by atoms with E-state index in [1.54, 1.807) is 0 Å². The molecule has 3 aromatic rings. The molecule has 0 saturated heterocycles. The number of anilines is 4. The van der Waals surface area contributed by atoms with Crippen LogP contribution in [0, 0.1) is 0 Å². The SMILES string of the molecule is CNc1ccc(CNCCn2cc[n+](CCNCc3ccc(NC)c(N)c3)c2)cc1N. The molecule has 31 heavy (non-hydrogen) atoms. The van der Waals surface area contributed by atoms with E-state index in [4.69, 9.17) is 11.5 Å². The minimum Gasteiger partial charge on any atom is -0.397 e. The van der Waals surface area contributed by atoms with Crippen molar-refractivity contribution < 1.29 is 4.57 Å². The highest BCUT2D eigenvalue weighted by Crippen LogP contribution is 2.19. The first kappa shape index (κ1) is 22.5. The first-order valence-corrected chi connectivity index (χ1v) is 10.7. The van der Waals surface area contributed by atoms with Crippen LogP contribution in [0.1, 0.15) is 11.1 Å². The van der Waals surface area contributed by atoms with Gasteiger partial charge >= 0.3 is 0 Å². The van der Waals surface area contributed by atoms with Crippen molar-refractivity contribution in [3.05, 3.63) is 66.2 Å². The Bertz CT molecular complexity index is 890. The van der Waals surface area contributed by atoms with Crippen LogP contribution < -0.4 is 37.3 Å². The largest absolute Gasteiger partial charge is 0.397 e. The van der Waals surface area contributed by atoms with Crippen molar-refractivity contribution in [1.82, 2.24) is 15.2 Å². The lowest BCUT2D eigenvalue weighted by atomic mass is 10.1. The summed E-state index contributed by atoms with van der Waals surface area (Å²) in [5.74, 6) is 0. The molecule has 0 fully saturated rings. The van der Waals surface area contributed by atoms with Gasteiger partial charge in [0, 0.05) is 40.3 Å². The summed E-state index contributed by atoms with van der Waals surface area (Å²) in [6.07, 6.45) is 6.36. The van der Waals surface area contributed by atoms with Gasteiger partial charge < -0.3 is 32.7 Å². The predicted octanol–water partition coefficient (Wildman–Crippen LogP) is 1.60. The average molecular weight is 424 g/mol. The Balaban J connectivity index is 1.33. The first-order valence-electron chi connectivity index (χ1n) is 10.7. The van der Waals surface area contributed by atoms with E-state index in [1.807, 2.05) is 38.4 Å². The van der Waals surface area contributed by atoms with Crippen LogP contribution in [0.2, 0.25) is 0 Å². The number of nitrogens with two attached hydrogens (primary N) is 2. The molecular weight excluding hydrogens is 388 g/mol. The lowest BCUT2D eigenvalue weighted by molar-refractivity contribution is -0.694. The summed E-state index contributed by atoms with van der Waals surface area (Å²) in [7, 11) is 3.75. The van der Waals surface area contributed by atoms with Crippen LogP contribution >= 0.6 is 0 Å². The summed E-state index contributed by atoms with van der Waals surface area (Å²) in [6, 6.07) is 12.2. The highest BCUT2D eigenvalue weighted by molar-refractivity contribution is 5.67. The van der Waals surface area contributed by atoms with E-state index in [0.29, 0.717) is 0 Å². The number of nitrogen functional groups attached to an aromatic ring is 2. The smallest absolute Gasteiger partial charge is 0.243 e. The molecule has 1 heterocycles. The molecule has 0 amide bonds. The zero-order chi connectivity index (χ0) is 22.1. The Hall–Kier alpha value is -3.23. The zero-order valence-electron chi connectivity index (χ0n) is 18.5. The predicted molar refractivity (Wildman–Crippen MR) is 129 cm³/mol. The Morgan fingerprint density at radius 3 is 1.97 bits per heavy atom. The van der Waals surface area contributed by atoms with Crippen molar-refractivity contribution in [3.8, 4) is 0 Å². The molecule has 0 aliphatic heterocycles. The van der Waals surface area contributed by atoms with Gasteiger partial charge in [-0.25, -0.2) is 9.13 Å². The molecule has 0 radical (unpaired) electrons. The van der Waals surface area contributed by atoms with Gasteiger partial charge in [-0.1, -0.05) is 12.1 Å². The lowest BCUT2D eigenvalue weighted by Gasteiger charge is -2.08. The summed E-state index contributed by atoms with van der Waals surface area (Å²) >= 11 is 0. The fourth-order valence-corrected chi connectivity index (χ4v) is 3.48. The van der Waals surface area contributed by atoms with Gasteiger partial charge in [-0.2, -0.15) is 0 Å². The molecule has 3 rings (SSSR count). The molecule has 8 nitrogen and oxygen atoms in total. The number of nitrogens with one attached hydrogen (secondary N) is 4. The fourth-order valence-electron chi connectivity index (χ4n) is 3.48. The lowest BCUT2D eigenvalue weighted by Crippen LogP contribution is -2.37. The topological polar surface area (TPSA) is 109 Å². The van der Waals surface area contributed by atoms with Crippen molar-refractivity contribution in [3.63, 3.8) is 0 Å². The van der Waals surface area contributed by atoms with Gasteiger partial charge in [0.25, 0.3) is 0 Å². The van der Waals surface area contributed by atoms with Crippen LogP contribution in [-0.4, -0.2) is 31.8 Å². The number of imidazole rings is 1. The van der Waals surface area contributed by atoms with Crippen molar-refractivity contribution in [2.75, 3.05) is 49.3 Å². The van der Waals surface area contributed by atoms with E-state index in [0.717, 1.165) is 62.0 Å². The van der Waals surface area contributed by atoms with E-state index >= 15 is 0 Å². The molecule has 0 aliphatic carbocycles. The molecule has 8 heteroatoms. The average Bonchev–Trinajstić information content (AvgIpc) is 3.22. The summed E-state index contributed by atoms with van der Waals surface area (Å²) < 4.78 is 4.39. The second-order valence-electron chi connectivity index (χ2n) is 7.59. The first-order chi connectivity index (χ1) is 15.1. The molecule has 1 aromatic heterocycles. The number of rotatable bonds is 12. The Morgan fingerprint density at radius 1 is 0.839 bits per heavy atom. The van der Waals surface area contributed by atoms with Crippen molar-refractivity contribution in [2.24, 2.45) is 0 Å². The van der Waals surface area contributed by atoms with Gasteiger partial charge in [-0.3, -0.25) is 0 Å². The highest BCUT2D eigenvalue weighted by atomic mass is 15.1. The molecular formula is C23H35N8+. The van der Waals surface area contributed by atoms with E-state index in [1.165, 1.54) is 11.1 Å². The highest BCUT2D eigenvalue weighted by Gasteiger charge is 2.05. The van der Waals surface area contributed by atoms with Crippen LogP contribution in [0.5, 0.6) is 0 Å². The van der Waals surface area contributed by atoms with Crippen LogP contribution in [0.15, 0.2) is 55.1 Å². The number of nitrogens with zero attached hydrogens (tertiary/aromatic N) is 2. The molecule has 166 valence electrons. The molecule has 0 unspecified atom stereocenters. The third-order valence-corrected chi connectivity index (χ3v) is 5.27. The van der Waals surface area contributed by atoms with Crippen molar-refractivity contribution in [1.29, 1.82) is 0 Å². The summed E-state index contributed by atoms with van der Waals surface area (Å²) in [6.45, 7) is 5.23. The van der Waals surface area contributed by atoms with Gasteiger partial charge in [-0.05, 0) is 35.4 Å². The molecule has 0 saturated carbocycles. The quantitative estimate of drug-likeness (QED) is 0.150. The van der Waals surface area contributed by atoms with Gasteiger partial charge in [-0.15, -0.1) is 0 Å². The second-order valence-corrected chi connectivity index (χ2v) is 7.59. The number of benzene rings is 2. The van der Waals surface area contributed by atoms with Gasteiger partial charge in [0.05, 0.1) is 22.7 Å². The van der Waals surface area contributed by atoms with Gasteiger partial charge in [0.2, 0.25) is 6.33 Å². The van der Waals surface area contributed by atoms with Crippen LogP contribution in [0.25, 0.3) is 0 Å². The van der Waals surface area contributed by atoms with E-state index in [-0.39, 0.29) is 0 Å².